The molecule has 1 amide bonds. The van der Waals surface area contributed by atoms with Gasteiger partial charge in [-0.25, -0.2) is 4.39 Å². The lowest BCUT2D eigenvalue weighted by Gasteiger charge is -2.05. The van der Waals surface area contributed by atoms with E-state index in [2.05, 4.69) is 5.32 Å². The first-order valence-electron chi connectivity index (χ1n) is 5.04. The minimum atomic E-state index is -1.40. The van der Waals surface area contributed by atoms with Crippen molar-refractivity contribution in [1.82, 2.24) is 5.32 Å². The number of benzene rings is 1. The van der Waals surface area contributed by atoms with Crippen LogP contribution in [0.5, 0.6) is 0 Å². The average molecular weight is 292 g/mol. The summed E-state index contributed by atoms with van der Waals surface area (Å²) >= 11 is 0. The molecule has 0 saturated carbocycles. The van der Waals surface area contributed by atoms with E-state index >= 15 is 0 Å². The summed E-state index contributed by atoms with van der Waals surface area (Å²) in [4.78, 5) is 20.9. The van der Waals surface area contributed by atoms with Gasteiger partial charge in [0.05, 0.1) is 16.6 Å². The Morgan fingerprint density at radius 1 is 1.47 bits per heavy atom. The molecule has 1 aromatic rings. The highest BCUT2D eigenvalue weighted by Gasteiger charge is 2.23. The number of nitrogens with zero attached hydrogens (tertiary/aromatic N) is 1. The molecule has 0 spiro atoms. The zero-order valence-electron chi connectivity index (χ0n) is 9.81. The lowest BCUT2D eigenvalue weighted by atomic mass is 10.1. The Morgan fingerprint density at radius 3 is 2.63 bits per heavy atom. The number of nitro benzene ring substituents is 1. The molecular formula is C10H10F2N2O4S. The Kier molecular flexibility index (Phi) is 5.04. The van der Waals surface area contributed by atoms with Gasteiger partial charge in [-0.1, -0.05) is 0 Å². The summed E-state index contributed by atoms with van der Waals surface area (Å²) in [6.07, 6.45) is 1.42. The Bertz CT molecular complexity index is 551. The molecular weight excluding hydrogens is 282 g/mol. The van der Waals surface area contributed by atoms with Gasteiger partial charge in [-0.05, 0) is 6.07 Å². The third-order valence-electron chi connectivity index (χ3n) is 2.13. The molecule has 9 heteroatoms. The van der Waals surface area contributed by atoms with E-state index in [4.69, 9.17) is 0 Å². The quantitative estimate of drug-likeness (QED) is 0.647. The lowest BCUT2D eigenvalue weighted by Crippen LogP contribution is -2.28. The van der Waals surface area contributed by atoms with Crippen molar-refractivity contribution in [1.29, 1.82) is 0 Å². The van der Waals surface area contributed by atoms with Crippen LogP contribution in [0.25, 0.3) is 0 Å². The summed E-state index contributed by atoms with van der Waals surface area (Å²) < 4.78 is 37.5. The molecule has 1 aromatic carbocycles. The SMILES string of the molecule is CS(=O)CCNC(=O)c1cc(F)cc([N+](=O)[O-])c1F. The van der Waals surface area contributed by atoms with Crippen molar-refractivity contribution in [3.8, 4) is 0 Å². The monoisotopic (exact) mass is 292 g/mol. The van der Waals surface area contributed by atoms with Crippen molar-refractivity contribution in [2.75, 3.05) is 18.6 Å². The number of nitro groups is 1. The highest BCUT2D eigenvalue weighted by Crippen LogP contribution is 2.22. The summed E-state index contributed by atoms with van der Waals surface area (Å²) in [7, 11) is -1.15. The third-order valence-corrected chi connectivity index (χ3v) is 2.91. The van der Waals surface area contributed by atoms with Crippen LogP contribution in [0.1, 0.15) is 10.4 Å². The van der Waals surface area contributed by atoms with E-state index in [0.717, 1.165) is 0 Å². The Balaban J connectivity index is 2.96. The summed E-state index contributed by atoms with van der Waals surface area (Å²) in [5.74, 6) is -3.34. The summed E-state index contributed by atoms with van der Waals surface area (Å²) in [6, 6.07) is 0.966. The molecule has 1 atom stereocenters. The second kappa shape index (κ2) is 6.32. The minimum Gasteiger partial charge on any atom is -0.351 e. The molecule has 0 aromatic heterocycles. The van der Waals surface area contributed by atoms with Crippen LogP contribution in [-0.4, -0.2) is 33.6 Å². The van der Waals surface area contributed by atoms with Gasteiger partial charge in [0.1, 0.15) is 5.82 Å². The first-order chi connectivity index (χ1) is 8.82. The van der Waals surface area contributed by atoms with Crippen LogP contribution in [0.3, 0.4) is 0 Å². The Morgan fingerprint density at radius 2 is 2.11 bits per heavy atom. The van der Waals surface area contributed by atoms with Crippen molar-refractivity contribution in [2.24, 2.45) is 0 Å². The van der Waals surface area contributed by atoms with Gasteiger partial charge in [0.15, 0.2) is 0 Å². The van der Waals surface area contributed by atoms with Gasteiger partial charge in [-0.2, -0.15) is 4.39 Å². The molecule has 0 aliphatic rings. The normalized spacial score (nSPS) is 11.9. The van der Waals surface area contributed by atoms with Crippen LogP contribution < -0.4 is 5.32 Å². The number of carbonyl (C=O) groups excluding carboxylic acids is 1. The van der Waals surface area contributed by atoms with Crippen LogP contribution in [0, 0.1) is 21.7 Å². The number of hydrogen-bond donors (Lipinski definition) is 1. The maximum Gasteiger partial charge on any atom is 0.308 e. The second-order valence-electron chi connectivity index (χ2n) is 3.58. The molecule has 0 saturated heterocycles. The smallest absolute Gasteiger partial charge is 0.308 e. The maximum atomic E-state index is 13.6. The summed E-state index contributed by atoms with van der Waals surface area (Å²) in [5.41, 5.74) is -1.86. The van der Waals surface area contributed by atoms with Gasteiger partial charge < -0.3 is 5.32 Å². The standard InChI is InChI=1S/C10H10F2N2O4S/c1-19(18)3-2-13-10(15)7-4-6(11)5-8(9(7)12)14(16)17/h4-5H,2-3H2,1H3,(H,13,15). The van der Waals surface area contributed by atoms with Crippen LogP contribution >= 0.6 is 0 Å². The van der Waals surface area contributed by atoms with Crippen LogP contribution in [-0.2, 0) is 10.8 Å². The van der Waals surface area contributed by atoms with Gasteiger partial charge in [0, 0.05) is 29.4 Å². The number of amides is 1. The lowest BCUT2D eigenvalue weighted by molar-refractivity contribution is -0.387. The zero-order valence-corrected chi connectivity index (χ0v) is 10.6. The number of rotatable bonds is 5. The van der Waals surface area contributed by atoms with Crippen molar-refractivity contribution in [3.05, 3.63) is 39.4 Å². The Hall–Kier alpha value is -1.90. The molecule has 1 unspecified atom stereocenters. The summed E-state index contributed by atoms with van der Waals surface area (Å²) in [6.45, 7) is -0.00824. The van der Waals surface area contributed by atoms with Gasteiger partial charge in [0.25, 0.3) is 5.91 Å². The Labute approximate surface area is 109 Å². The van der Waals surface area contributed by atoms with Crippen LogP contribution in [0.4, 0.5) is 14.5 Å². The van der Waals surface area contributed by atoms with Gasteiger partial charge in [0.2, 0.25) is 5.82 Å². The van der Waals surface area contributed by atoms with Gasteiger partial charge in [-0.15, -0.1) is 0 Å². The van der Waals surface area contributed by atoms with Crippen molar-refractivity contribution < 1.29 is 22.7 Å². The van der Waals surface area contributed by atoms with Crippen LogP contribution in [0.2, 0.25) is 0 Å². The topological polar surface area (TPSA) is 89.3 Å². The second-order valence-corrected chi connectivity index (χ2v) is 5.13. The largest absolute Gasteiger partial charge is 0.351 e. The molecule has 1 rings (SSSR count). The third kappa shape index (κ3) is 4.05. The molecule has 1 N–H and O–H groups in total. The van der Waals surface area contributed by atoms with Crippen molar-refractivity contribution in [3.63, 3.8) is 0 Å². The molecule has 104 valence electrons. The number of nitrogens with one attached hydrogen (secondary N) is 1. The highest BCUT2D eigenvalue weighted by atomic mass is 32.2. The first-order valence-corrected chi connectivity index (χ1v) is 6.77. The fourth-order valence-corrected chi connectivity index (χ4v) is 1.67. The predicted octanol–water partition coefficient (Wildman–Crippen LogP) is 0.981. The number of carbonyl (C=O) groups is 1. The van der Waals surface area contributed by atoms with E-state index in [1.807, 2.05) is 0 Å². The van der Waals surface area contributed by atoms with Crippen LogP contribution in [0.15, 0.2) is 12.1 Å². The maximum absolute atomic E-state index is 13.6. The van der Waals surface area contributed by atoms with Crippen molar-refractivity contribution in [2.45, 2.75) is 0 Å². The number of hydrogen-bond acceptors (Lipinski definition) is 4. The molecule has 0 heterocycles. The van der Waals surface area contributed by atoms with E-state index in [1.54, 1.807) is 0 Å². The first kappa shape index (κ1) is 15.2. The van der Waals surface area contributed by atoms with Gasteiger partial charge >= 0.3 is 5.69 Å². The molecule has 0 fully saturated rings. The highest BCUT2D eigenvalue weighted by molar-refractivity contribution is 7.84. The van der Waals surface area contributed by atoms with E-state index in [-0.39, 0.29) is 12.3 Å². The van der Waals surface area contributed by atoms with E-state index in [9.17, 15) is 27.9 Å². The fraction of sp³-hybridized carbons (Fsp3) is 0.300. The average Bonchev–Trinajstić information content (AvgIpc) is 2.30. The molecule has 19 heavy (non-hydrogen) atoms. The molecule has 0 bridgehead atoms. The van der Waals surface area contributed by atoms with E-state index in [0.29, 0.717) is 12.1 Å². The van der Waals surface area contributed by atoms with Crippen molar-refractivity contribution >= 4 is 22.4 Å². The number of halogens is 2. The minimum absolute atomic E-state index is 0.00824. The molecule has 0 radical (unpaired) electrons. The summed E-state index contributed by atoms with van der Waals surface area (Å²) in [5, 5.41) is 12.7. The zero-order chi connectivity index (χ0) is 14.6. The van der Waals surface area contributed by atoms with Gasteiger partial charge in [-0.3, -0.25) is 19.1 Å². The fourth-order valence-electron chi connectivity index (χ4n) is 1.28. The van der Waals surface area contributed by atoms with E-state index < -0.39 is 44.5 Å². The molecule has 0 aliphatic carbocycles. The molecule has 0 aliphatic heterocycles. The van der Waals surface area contributed by atoms with E-state index in [1.165, 1.54) is 6.26 Å². The molecule has 6 nitrogen and oxygen atoms in total. The predicted molar refractivity (Wildman–Crippen MR) is 64.3 cm³/mol.